The molecule has 100 valence electrons. The fourth-order valence-corrected chi connectivity index (χ4v) is 2.00. The number of nitrogens with one attached hydrogen (secondary N) is 1. The van der Waals surface area contributed by atoms with E-state index >= 15 is 0 Å². The molecule has 3 heteroatoms. The monoisotopic (exact) mass is 275 g/mol. The van der Waals surface area contributed by atoms with E-state index in [1.54, 1.807) is 0 Å². The van der Waals surface area contributed by atoms with Crippen molar-refractivity contribution in [3.05, 3.63) is 64.7 Å². The van der Waals surface area contributed by atoms with E-state index in [0.29, 0.717) is 18.0 Å². The number of benzene rings is 2. The Hall–Kier alpha value is -1.51. The molecule has 0 aromatic heterocycles. The zero-order chi connectivity index (χ0) is 13.7. The fourth-order valence-electron chi connectivity index (χ4n) is 1.87. The molecule has 1 atom stereocenters. The van der Waals surface area contributed by atoms with Crippen molar-refractivity contribution in [1.29, 1.82) is 0 Å². The first-order valence-corrected chi connectivity index (χ1v) is 6.74. The predicted molar refractivity (Wildman–Crippen MR) is 80.8 cm³/mol. The highest BCUT2D eigenvalue weighted by atomic mass is 35.5. The third kappa shape index (κ3) is 4.58. The Bertz CT molecular complexity index is 507. The third-order valence-corrected chi connectivity index (χ3v) is 3.23. The molecular formula is C16H18ClNO. The Balaban J connectivity index is 1.82. The molecule has 0 saturated heterocycles. The molecule has 2 rings (SSSR count). The molecule has 2 aromatic rings. The molecule has 0 saturated carbocycles. The summed E-state index contributed by atoms with van der Waals surface area (Å²) in [5, 5.41) is 13.9. The fraction of sp³-hybridized carbons (Fsp3) is 0.250. The average molecular weight is 276 g/mol. The van der Waals surface area contributed by atoms with Gasteiger partial charge in [0.05, 0.1) is 6.10 Å². The van der Waals surface area contributed by atoms with E-state index in [9.17, 15) is 5.11 Å². The summed E-state index contributed by atoms with van der Waals surface area (Å²) >= 11 is 5.82. The second kappa shape index (κ2) is 6.60. The zero-order valence-electron chi connectivity index (χ0n) is 10.9. The minimum atomic E-state index is -0.404. The summed E-state index contributed by atoms with van der Waals surface area (Å²) in [5.41, 5.74) is 3.35. The first-order chi connectivity index (χ1) is 9.13. The van der Waals surface area contributed by atoms with E-state index in [-0.39, 0.29) is 0 Å². The second-order valence-electron chi connectivity index (χ2n) is 4.73. The average Bonchev–Trinajstić information content (AvgIpc) is 2.41. The standard InChI is InChI=1S/C16H18ClNO/c1-12-2-4-13(5-3-12)10-16(19)11-18-15-8-6-14(17)7-9-15/h2-9,16,18-19H,10-11H2,1H3/t16-/m1/s1. The lowest BCUT2D eigenvalue weighted by atomic mass is 10.1. The molecule has 0 heterocycles. The Labute approximate surface area is 119 Å². The molecule has 0 radical (unpaired) electrons. The quantitative estimate of drug-likeness (QED) is 0.873. The highest BCUT2D eigenvalue weighted by molar-refractivity contribution is 6.30. The van der Waals surface area contributed by atoms with Crippen molar-refractivity contribution in [2.45, 2.75) is 19.4 Å². The first-order valence-electron chi connectivity index (χ1n) is 6.36. The van der Waals surface area contributed by atoms with Crippen molar-refractivity contribution >= 4 is 17.3 Å². The van der Waals surface area contributed by atoms with Crippen LogP contribution in [0, 0.1) is 6.92 Å². The van der Waals surface area contributed by atoms with Crippen LogP contribution in [-0.4, -0.2) is 17.8 Å². The van der Waals surface area contributed by atoms with Gasteiger partial charge in [0.1, 0.15) is 0 Å². The molecule has 0 amide bonds. The van der Waals surface area contributed by atoms with Crippen LogP contribution < -0.4 is 5.32 Å². The lowest BCUT2D eigenvalue weighted by Gasteiger charge is -2.13. The summed E-state index contributed by atoms with van der Waals surface area (Å²) in [6, 6.07) is 15.7. The molecule has 0 fully saturated rings. The van der Waals surface area contributed by atoms with Gasteiger partial charge in [-0.25, -0.2) is 0 Å². The van der Waals surface area contributed by atoms with E-state index < -0.39 is 6.10 Å². The lowest BCUT2D eigenvalue weighted by Crippen LogP contribution is -2.21. The van der Waals surface area contributed by atoms with Gasteiger partial charge in [0.15, 0.2) is 0 Å². The number of rotatable bonds is 5. The Morgan fingerprint density at radius 3 is 2.32 bits per heavy atom. The largest absolute Gasteiger partial charge is 0.391 e. The number of halogens is 1. The van der Waals surface area contributed by atoms with E-state index in [1.165, 1.54) is 5.56 Å². The number of aliphatic hydroxyl groups excluding tert-OH is 1. The zero-order valence-corrected chi connectivity index (χ0v) is 11.7. The predicted octanol–water partition coefficient (Wildman–Crippen LogP) is 3.66. The molecule has 0 aliphatic heterocycles. The van der Waals surface area contributed by atoms with Gasteiger partial charge in [-0.2, -0.15) is 0 Å². The van der Waals surface area contributed by atoms with Gasteiger partial charge < -0.3 is 10.4 Å². The van der Waals surface area contributed by atoms with E-state index in [0.717, 1.165) is 11.3 Å². The van der Waals surface area contributed by atoms with Crippen LogP contribution in [0.25, 0.3) is 0 Å². The van der Waals surface area contributed by atoms with Gasteiger partial charge in [-0.05, 0) is 36.8 Å². The molecule has 0 spiro atoms. The summed E-state index contributed by atoms with van der Waals surface area (Å²) in [5.74, 6) is 0. The molecule has 0 bridgehead atoms. The third-order valence-electron chi connectivity index (χ3n) is 2.98. The minimum Gasteiger partial charge on any atom is -0.391 e. The SMILES string of the molecule is Cc1ccc(C[C@@H](O)CNc2ccc(Cl)cc2)cc1. The van der Waals surface area contributed by atoms with Crippen LogP contribution in [-0.2, 0) is 6.42 Å². The van der Waals surface area contributed by atoms with Crippen LogP contribution in [0.5, 0.6) is 0 Å². The highest BCUT2D eigenvalue weighted by Crippen LogP contribution is 2.13. The Kier molecular flexibility index (Phi) is 4.83. The highest BCUT2D eigenvalue weighted by Gasteiger charge is 2.05. The molecule has 0 aliphatic carbocycles. The van der Waals surface area contributed by atoms with Crippen LogP contribution in [0.4, 0.5) is 5.69 Å². The van der Waals surface area contributed by atoms with Crippen molar-refractivity contribution < 1.29 is 5.11 Å². The Morgan fingerprint density at radius 2 is 1.68 bits per heavy atom. The van der Waals surface area contributed by atoms with E-state index in [2.05, 4.69) is 36.5 Å². The number of anilines is 1. The van der Waals surface area contributed by atoms with Crippen LogP contribution in [0.3, 0.4) is 0 Å². The molecule has 2 nitrogen and oxygen atoms in total. The topological polar surface area (TPSA) is 32.3 Å². The van der Waals surface area contributed by atoms with Gasteiger partial charge in [0.2, 0.25) is 0 Å². The maximum Gasteiger partial charge on any atom is 0.0752 e. The normalized spacial score (nSPS) is 12.2. The van der Waals surface area contributed by atoms with Crippen molar-refractivity contribution in [2.24, 2.45) is 0 Å². The number of hydrogen-bond acceptors (Lipinski definition) is 2. The molecule has 0 unspecified atom stereocenters. The first kappa shape index (κ1) is 13.9. The van der Waals surface area contributed by atoms with Crippen LogP contribution in [0.2, 0.25) is 5.02 Å². The summed E-state index contributed by atoms with van der Waals surface area (Å²) in [4.78, 5) is 0. The Morgan fingerprint density at radius 1 is 1.05 bits per heavy atom. The maximum atomic E-state index is 10.00. The van der Waals surface area contributed by atoms with Gasteiger partial charge in [-0.15, -0.1) is 0 Å². The number of aryl methyl sites for hydroxylation is 1. The maximum absolute atomic E-state index is 10.00. The van der Waals surface area contributed by atoms with Gasteiger partial charge in [0.25, 0.3) is 0 Å². The molecule has 2 aromatic carbocycles. The van der Waals surface area contributed by atoms with E-state index in [4.69, 9.17) is 11.6 Å². The summed E-state index contributed by atoms with van der Waals surface area (Å²) in [6.07, 6.45) is 0.249. The van der Waals surface area contributed by atoms with Crippen molar-refractivity contribution in [1.82, 2.24) is 0 Å². The number of hydrogen-bond donors (Lipinski definition) is 2. The van der Waals surface area contributed by atoms with Gasteiger partial charge in [-0.3, -0.25) is 0 Å². The van der Waals surface area contributed by atoms with Crippen LogP contribution in [0.15, 0.2) is 48.5 Å². The van der Waals surface area contributed by atoms with Gasteiger partial charge in [0, 0.05) is 23.7 Å². The van der Waals surface area contributed by atoms with Gasteiger partial charge in [-0.1, -0.05) is 41.4 Å². The van der Waals surface area contributed by atoms with E-state index in [1.807, 2.05) is 24.3 Å². The molecule has 0 aliphatic rings. The van der Waals surface area contributed by atoms with Crippen molar-refractivity contribution in [2.75, 3.05) is 11.9 Å². The van der Waals surface area contributed by atoms with Crippen LogP contribution in [0.1, 0.15) is 11.1 Å². The second-order valence-corrected chi connectivity index (χ2v) is 5.17. The van der Waals surface area contributed by atoms with Crippen molar-refractivity contribution in [3.8, 4) is 0 Å². The molecule has 2 N–H and O–H groups in total. The summed E-state index contributed by atoms with van der Waals surface area (Å²) in [7, 11) is 0. The van der Waals surface area contributed by atoms with Crippen LogP contribution >= 0.6 is 11.6 Å². The van der Waals surface area contributed by atoms with Gasteiger partial charge >= 0.3 is 0 Å². The number of aliphatic hydroxyl groups is 1. The van der Waals surface area contributed by atoms with Crippen molar-refractivity contribution in [3.63, 3.8) is 0 Å². The summed E-state index contributed by atoms with van der Waals surface area (Å²) in [6.45, 7) is 2.58. The minimum absolute atomic E-state index is 0.404. The molecular weight excluding hydrogens is 258 g/mol. The lowest BCUT2D eigenvalue weighted by molar-refractivity contribution is 0.188. The summed E-state index contributed by atoms with van der Waals surface area (Å²) < 4.78 is 0. The molecule has 19 heavy (non-hydrogen) atoms. The smallest absolute Gasteiger partial charge is 0.0752 e.